The van der Waals surface area contributed by atoms with Gasteiger partial charge in [0.2, 0.25) is 0 Å². The van der Waals surface area contributed by atoms with E-state index in [0.717, 1.165) is 41.7 Å². The van der Waals surface area contributed by atoms with E-state index < -0.39 is 0 Å². The molecule has 1 saturated heterocycles. The number of piperidine rings is 1. The van der Waals surface area contributed by atoms with Crippen molar-refractivity contribution in [3.05, 3.63) is 94.0 Å². The van der Waals surface area contributed by atoms with Gasteiger partial charge in [0.1, 0.15) is 0 Å². The molecule has 0 aliphatic carbocycles. The highest BCUT2D eigenvalue weighted by Gasteiger charge is 2.22. The predicted octanol–water partition coefficient (Wildman–Crippen LogP) is 5.87. The third kappa shape index (κ3) is 6.02. The van der Waals surface area contributed by atoms with Crippen molar-refractivity contribution in [2.45, 2.75) is 26.3 Å². The SMILES string of the molecule is CC1CCN(c2ccc(NC(=O)c3cccc(Br)c3)cc2C(=O)NCc2ccccc2)CC1. The van der Waals surface area contributed by atoms with Crippen molar-refractivity contribution in [1.29, 1.82) is 0 Å². The maximum absolute atomic E-state index is 13.2. The van der Waals surface area contributed by atoms with Crippen molar-refractivity contribution in [2.75, 3.05) is 23.3 Å². The zero-order chi connectivity index (χ0) is 23.2. The van der Waals surface area contributed by atoms with Gasteiger partial charge in [0, 0.05) is 41.0 Å². The van der Waals surface area contributed by atoms with Crippen molar-refractivity contribution in [1.82, 2.24) is 5.32 Å². The zero-order valence-electron chi connectivity index (χ0n) is 18.7. The molecule has 2 amide bonds. The van der Waals surface area contributed by atoms with Crippen LogP contribution in [-0.4, -0.2) is 24.9 Å². The zero-order valence-corrected chi connectivity index (χ0v) is 20.3. The van der Waals surface area contributed by atoms with E-state index >= 15 is 0 Å². The van der Waals surface area contributed by atoms with Crippen molar-refractivity contribution in [3.63, 3.8) is 0 Å². The van der Waals surface area contributed by atoms with Crippen molar-refractivity contribution < 1.29 is 9.59 Å². The van der Waals surface area contributed by atoms with Crippen LogP contribution in [0.15, 0.2) is 77.3 Å². The van der Waals surface area contributed by atoms with E-state index in [9.17, 15) is 9.59 Å². The molecule has 6 heteroatoms. The Balaban J connectivity index is 1.57. The molecule has 0 atom stereocenters. The van der Waals surface area contributed by atoms with Crippen LogP contribution < -0.4 is 15.5 Å². The minimum absolute atomic E-state index is 0.147. The van der Waals surface area contributed by atoms with Gasteiger partial charge in [0.25, 0.3) is 11.8 Å². The van der Waals surface area contributed by atoms with Crippen LogP contribution >= 0.6 is 15.9 Å². The molecule has 5 nitrogen and oxygen atoms in total. The van der Waals surface area contributed by atoms with Gasteiger partial charge in [-0.2, -0.15) is 0 Å². The molecule has 1 aliphatic rings. The van der Waals surface area contributed by atoms with Gasteiger partial charge in [-0.25, -0.2) is 0 Å². The summed E-state index contributed by atoms with van der Waals surface area (Å²) in [7, 11) is 0. The Hall–Kier alpha value is -3.12. The van der Waals surface area contributed by atoms with Crippen LogP contribution in [0.5, 0.6) is 0 Å². The van der Waals surface area contributed by atoms with Gasteiger partial charge >= 0.3 is 0 Å². The maximum Gasteiger partial charge on any atom is 0.255 e. The van der Waals surface area contributed by atoms with Gasteiger partial charge in [-0.15, -0.1) is 0 Å². The van der Waals surface area contributed by atoms with E-state index in [2.05, 4.69) is 38.4 Å². The van der Waals surface area contributed by atoms with Crippen LogP contribution in [0.4, 0.5) is 11.4 Å². The fraction of sp³-hybridized carbons (Fsp3) is 0.259. The van der Waals surface area contributed by atoms with Crippen molar-refractivity contribution in [3.8, 4) is 0 Å². The summed E-state index contributed by atoms with van der Waals surface area (Å²) in [6, 6.07) is 22.7. The molecule has 1 aliphatic heterocycles. The minimum atomic E-state index is -0.216. The quantitative estimate of drug-likeness (QED) is 0.440. The van der Waals surface area contributed by atoms with Crippen LogP contribution in [-0.2, 0) is 6.54 Å². The Morgan fingerprint density at radius 1 is 0.939 bits per heavy atom. The number of nitrogens with zero attached hydrogens (tertiary/aromatic N) is 1. The summed E-state index contributed by atoms with van der Waals surface area (Å²) >= 11 is 3.40. The third-order valence-corrected chi connectivity index (χ3v) is 6.50. The van der Waals surface area contributed by atoms with Crippen LogP contribution in [0.3, 0.4) is 0 Å². The molecule has 0 radical (unpaired) electrons. The highest BCUT2D eigenvalue weighted by Crippen LogP contribution is 2.29. The minimum Gasteiger partial charge on any atom is -0.371 e. The molecule has 2 N–H and O–H groups in total. The number of amides is 2. The first-order valence-electron chi connectivity index (χ1n) is 11.3. The van der Waals surface area contributed by atoms with Gasteiger partial charge in [-0.1, -0.05) is 59.3 Å². The maximum atomic E-state index is 13.2. The van der Waals surface area contributed by atoms with Crippen LogP contribution in [0, 0.1) is 5.92 Å². The van der Waals surface area contributed by atoms with Crippen molar-refractivity contribution >= 4 is 39.1 Å². The monoisotopic (exact) mass is 505 g/mol. The summed E-state index contributed by atoms with van der Waals surface area (Å²) in [5, 5.41) is 5.97. The molecular formula is C27H28BrN3O2. The fourth-order valence-electron chi connectivity index (χ4n) is 4.03. The van der Waals surface area contributed by atoms with Gasteiger partial charge in [-0.05, 0) is 60.7 Å². The number of carbonyl (C=O) groups is 2. The van der Waals surface area contributed by atoms with Gasteiger partial charge in [0.05, 0.1) is 5.56 Å². The Morgan fingerprint density at radius 2 is 1.70 bits per heavy atom. The molecule has 0 aromatic heterocycles. The van der Waals surface area contributed by atoms with Crippen LogP contribution in [0.1, 0.15) is 46.0 Å². The van der Waals surface area contributed by atoms with E-state index in [4.69, 9.17) is 0 Å². The summed E-state index contributed by atoms with van der Waals surface area (Å²) in [5.74, 6) is 0.331. The topological polar surface area (TPSA) is 61.4 Å². The van der Waals surface area contributed by atoms with E-state index in [0.29, 0.717) is 29.3 Å². The highest BCUT2D eigenvalue weighted by molar-refractivity contribution is 9.10. The Kier molecular flexibility index (Phi) is 7.45. The number of anilines is 2. The molecule has 1 fully saturated rings. The largest absolute Gasteiger partial charge is 0.371 e. The second-order valence-corrected chi connectivity index (χ2v) is 9.45. The number of halogens is 1. The lowest BCUT2D eigenvalue weighted by molar-refractivity contribution is 0.0950. The lowest BCUT2D eigenvalue weighted by Gasteiger charge is -2.33. The first-order chi connectivity index (χ1) is 16.0. The van der Waals surface area contributed by atoms with Gasteiger partial charge in [0.15, 0.2) is 0 Å². The van der Waals surface area contributed by atoms with Crippen LogP contribution in [0.25, 0.3) is 0 Å². The third-order valence-electron chi connectivity index (χ3n) is 6.01. The molecule has 0 unspecified atom stereocenters. The first kappa shape index (κ1) is 23.1. The molecule has 3 aromatic rings. The first-order valence-corrected chi connectivity index (χ1v) is 12.1. The summed E-state index contributed by atoms with van der Waals surface area (Å²) in [6.07, 6.45) is 2.21. The summed E-state index contributed by atoms with van der Waals surface area (Å²) in [5.41, 5.74) is 3.67. The molecule has 0 spiro atoms. The smallest absolute Gasteiger partial charge is 0.255 e. The lowest BCUT2D eigenvalue weighted by Crippen LogP contribution is -2.35. The van der Waals surface area contributed by atoms with E-state index in [1.54, 1.807) is 18.2 Å². The number of nitrogens with one attached hydrogen (secondary N) is 2. The number of benzene rings is 3. The number of carbonyl (C=O) groups excluding carboxylic acids is 2. The second-order valence-electron chi connectivity index (χ2n) is 8.53. The average molecular weight is 506 g/mol. The number of rotatable bonds is 6. The molecule has 170 valence electrons. The molecule has 0 bridgehead atoms. The van der Waals surface area contributed by atoms with E-state index in [-0.39, 0.29) is 11.8 Å². The Bertz CT molecular complexity index is 1130. The van der Waals surface area contributed by atoms with E-state index in [1.807, 2.05) is 54.6 Å². The van der Waals surface area contributed by atoms with Gasteiger partial charge in [-0.3, -0.25) is 9.59 Å². The molecule has 33 heavy (non-hydrogen) atoms. The molecule has 1 heterocycles. The summed E-state index contributed by atoms with van der Waals surface area (Å²) < 4.78 is 0.839. The Labute approximate surface area is 203 Å². The number of hydrogen-bond acceptors (Lipinski definition) is 3. The standard InChI is InChI=1S/C27H28BrN3O2/c1-19-12-14-31(15-13-19)25-11-10-23(30-26(32)21-8-5-9-22(28)16-21)17-24(25)27(33)29-18-20-6-3-2-4-7-20/h2-11,16-17,19H,12-15,18H2,1H3,(H,29,33)(H,30,32). The van der Waals surface area contributed by atoms with Crippen molar-refractivity contribution in [2.24, 2.45) is 5.92 Å². The number of hydrogen-bond donors (Lipinski definition) is 2. The van der Waals surface area contributed by atoms with E-state index in [1.165, 1.54) is 0 Å². The summed E-state index contributed by atoms with van der Waals surface area (Å²) in [6.45, 7) is 4.56. The average Bonchev–Trinajstić information content (AvgIpc) is 2.84. The predicted molar refractivity (Wildman–Crippen MR) is 137 cm³/mol. The Morgan fingerprint density at radius 3 is 2.42 bits per heavy atom. The molecule has 0 saturated carbocycles. The summed E-state index contributed by atoms with van der Waals surface area (Å²) in [4.78, 5) is 28.3. The van der Waals surface area contributed by atoms with Gasteiger partial charge < -0.3 is 15.5 Å². The highest BCUT2D eigenvalue weighted by atomic mass is 79.9. The normalized spacial score (nSPS) is 14.1. The fourth-order valence-corrected chi connectivity index (χ4v) is 4.43. The van der Waals surface area contributed by atoms with Crippen LogP contribution in [0.2, 0.25) is 0 Å². The second kappa shape index (κ2) is 10.7. The lowest BCUT2D eigenvalue weighted by atomic mass is 9.97. The molecule has 4 rings (SSSR count). The molecular weight excluding hydrogens is 478 g/mol. The molecule has 3 aromatic carbocycles.